The molecule has 0 aromatic rings. The summed E-state index contributed by atoms with van der Waals surface area (Å²) in [6.45, 7) is 1.41. The fraction of sp³-hybridized carbons (Fsp3) is 0.857. The molecule has 3 N–H and O–H groups in total. The Bertz CT molecular complexity index is 192. The van der Waals surface area contributed by atoms with E-state index in [0.29, 0.717) is 6.42 Å². The molecule has 0 bridgehead atoms. The molecule has 1 heterocycles. The molecule has 0 aromatic heterocycles. The third-order valence-electron chi connectivity index (χ3n) is 2.08. The molecular weight excluding hydrogens is 162 g/mol. The van der Waals surface area contributed by atoms with E-state index in [0.717, 1.165) is 4.90 Å². The Morgan fingerprint density at radius 3 is 2.67 bits per heavy atom. The van der Waals surface area contributed by atoms with Gasteiger partial charge in [-0.05, 0) is 6.92 Å². The van der Waals surface area contributed by atoms with E-state index in [2.05, 4.69) is 0 Å². The highest BCUT2D eigenvalue weighted by molar-refractivity contribution is 5.66. The predicted octanol–water partition coefficient (Wildman–Crippen LogP) is -0.518. The van der Waals surface area contributed by atoms with Gasteiger partial charge in [0, 0.05) is 6.42 Å². The fourth-order valence-corrected chi connectivity index (χ4v) is 1.57. The number of amides is 1. The second kappa shape index (κ2) is 2.91. The van der Waals surface area contributed by atoms with Crippen LogP contribution in [-0.4, -0.2) is 51.1 Å². The molecule has 0 spiro atoms. The van der Waals surface area contributed by atoms with E-state index in [-0.39, 0.29) is 13.2 Å². The van der Waals surface area contributed by atoms with Crippen LogP contribution < -0.4 is 0 Å². The summed E-state index contributed by atoms with van der Waals surface area (Å²) in [7, 11) is 0. The van der Waals surface area contributed by atoms with Gasteiger partial charge in [-0.15, -0.1) is 0 Å². The van der Waals surface area contributed by atoms with Crippen LogP contribution in [0.15, 0.2) is 0 Å². The fourth-order valence-electron chi connectivity index (χ4n) is 1.57. The molecule has 0 radical (unpaired) electrons. The summed E-state index contributed by atoms with van der Waals surface area (Å²) in [5, 5.41) is 27.0. The minimum Gasteiger partial charge on any atom is -0.465 e. The van der Waals surface area contributed by atoms with Crippen molar-refractivity contribution in [3.63, 3.8) is 0 Å². The first-order valence-corrected chi connectivity index (χ1v) is 3.79. The first-order chi connectivity index (χ1) is 5.46. The monoisotopic (exact) mass is 175 g/mol. The van der Waals surface area contributed by atoms with Crippen molar-refractivity contribution in [3.8, 4) is 0 Å². The van der Waals surface area contributed by atoms with Crippen molar-refractivity contribution in [2.75, 3.05) is 13.2 Å². The van der Waals surface area contributed by atoms with Gasteiger partial charge in [0.05, 0.1) is 24.8 Å². The van der Waals surface area contributed by atoms with Crippen LogP contribution in [0.1, 0.15) is 13.3 Å². The molecule has 1 saturated heterocycles. The summed E-state index contributed by atoms with van der Waals surface area (Å²) in [6.07, 6.45) is -0.790. The van der Waals surface area contributed by atoms with Gasteiger partial charge in [-0.2, -0.15) is 0 Å². The zero-order valence-electron chi connectivity index (χ0n) is 6.90. The van der Waals surface area contributed by atoms with Crippen LogP contribution in [0.4, 0.5) is 4.79 Å². The minimum atomic E-state index is -1.09. The van der Waals surface area contributed by atoms with E-state index in [1.54, 1.807) is 6.92 Å². The Morgan fingerprint density at radius 2 is 2.33 bits per heavy atom. The molecule has 70 valence electrons. The van der Waals surface area contributed by atoms with Gasteiger partial charge in [-0.3, -0.25) is 0 Å². The summed E-state index contributed by atoms with van der Waals surface area (Å²) in [5.41, 5.74) is -0.994. The van der Waals surface area contributed by atoms with Crippen molar-refractivity contribution in [2.24, 2.45) is 0 Å². The number of hydrogen-bond donors (Lipinski definition) is 3. The van der Waals surface area contributed by atoms with Crippen molar-refractivity contribution >= 4 is 6.09 Å². The van der Waals surface area contributed by atoms with Crippen LogP contribution in [0.2, 0.25) is 0 Å². The molecule has 5 heteroatoms. The highest BCUT2D eigenvalue weighted by Gasteiger charge is 2.41. The quantitative estimate of drug-likeness (QED) is 0.501. The zero-order valence-corrected chi connectivity index (χ0v) is 6.90. The van der Waals surface area contributed by atoms with Gasteiger partial charge in [0.1, 0.15) is 0 Å². The SMILES string of the molecule is CC1(O)CC(CO)N(C(=O)O)C1. The Kier molecular flexibility index (Phi) is 2.25. The normalized spacial score (nSPS) is 35.6. The predicted molar refractivity (Wildman–Crippen MR) is 40.8 cm³/mol. The van der Waals surface area contributed by atoms with Gasteiger partial charge in [0.25, 0.3) is 0 Å². The van der Waals surface area contributed by atoms with Crippen molar-refractivity contribution < 1.29 is 20.1 Å². The lowest BCUT2D eigenvalue weighted by Crippen LogP contribution is -2.37. The van der Waals surface area contributed by atoms with Crippen LogP contribution in [0.3, 0.4) is 0 Å². The highest BCUT2D eigenvalue weighted by atomic mass is 16.4. The van der Waals surface area contributed by atoms with Crippen molar-refractivity contribution in [1.29, 1.82) is 0 Å². The Hall–Kier alpha value is -0.810. The van der Waals surface area contributed by atoms with Gasteiger partial charge >= 0.3 is 6.09 Å². The summed E-state index contributed by atoms with van der Waals surface area (Å²) < 4.78 is 0. The lowest BCUT2D eigenvalue weighted by atomic mass is 10.0. The topological polar surface area (TPSA) is 81.0 Å². The summed E-state index contributed by atoms with van der Waals surface area (Å²) in [4.78, 5) is 11.6. The van der Waals surface area contributed by atoms with Crippen molar-refractivity contribution in [1.82, 2.24) is 4.90 Å². The average molecular weight is 175 g/mol. The van der Waals surface area contributed by atoms with Crippen LogP contribution in [-0.2, 0) is 0 Å². The Morgan fingerprint density at radius 1 is 1.75 bits per heavy atom. The van der Waals surface area contributed by atoms with E-state index in [1.807, 2.05) is 0 Å². The molecule has 2 atom stereocenters. The molecular formula is C7H13NO4. The molecule has 0 saturated carbocycles. The van der Waals surface area contributed by atoms with Crippen LogP contribution in [0.5, 0.6) is 0 Å². The van der Waals surface area contributed by atoms with Crippen LogP contribution >= 0.6 is 0 Å². The van der Waals surface area contributed by atoms with Gasteiger partial charge in [-0.1, -0.05) is 0 Å². The number of nitrogens with zero attached hydrogens (tertiary/aromatic N) is 1. The second-order valence-electron chi connectivity index (χ2n) is 3.45. The van der Waals surface area contributed by atoms with Crippen molar-refractivity contribution in [2.45, 2.75) is 25.0 Å². The lowest BCUT2D eigenvalue weighted by molar-refractivity contribution is 0.0672. The maximum absolute atomic E-state index is 10.6. The Balaban J connectivity index is 2.69. The molecule has 12 heavy (non-hydrogen) atoms. The molecule has 1 amide bonds. The first-order valence-electron chi connectivity index (χ1n) is 3.79. The summed E-state index contributed by atoms with van der Waals surface area (Å²) in [5.74, 6) is 0. The number of β-amino-alcohol motifs (C(OH)–C–C–N with tert-alkyl or cyclic N) is 1. The third-order valence-corrected chi connectivity index (χ3v) is 2.08. The minimum absolute atomic E-state index is 0.0769. The number of carbonyl (C=O) groups is 1. The molecule has 1 rings (SSSR count). The number of likely N-dealkylation sites (tertiary alicyclic amines) is 1. The molecule has 0 aliphatic carbocycles. The van der Waals surface area contributed by atoms with E-state index in [1.165, 1.54) is 0 Å². The average Bonchev–Trinajstić information content (AvgIpc) is 2.25. The number of aliphatic hydroxyl groups excluding tert-OH is 1. The standard InChI is InChI=1S/C7H13NO4/c1-7(12)2-5(3-9)8(4-7)6(10)11/h5,9,12H,2-4H2,1H3,(H,10,11). The van der Waals surface area contributed by atoms with Crippen LogP contribution in [0, 0.1) is 0 Å². The van der Waals surface area contributed by atoms with Crippen molar-refractivity contribution in [3.05, 3.63) is 0 Å². The van der Waals surface area contributed by atoms with Gasteiger partial charge in [0.15, 0.2) is 0 Å². The van der Waals surface area contributed by atoms with E-state index in [4.69, 9.17) is 10.2 Å². The number of hydrogen-bond acceptors (Lipinski definition) is 3. The molecule has 1 aliphatic heterocycles. The van der Waals surface area contributed by atoms with E-state index < -0.39 is 17.7 Å². The Labute approximate surface area is 70.2 Å². The molecule has 2 unspecified atom stereocenters. The molecule has 1 aliphatic rings. The zero-order chi connectivity index (χ0) is 9.35. The summed E-state index contributed by atoms with van der Waals surface area (Å²) in [6, 6.07) is -0.461. The molecule has 0 aromatic carbocycles. The molecule has 5 nitrogen and oxygen atoms in total. The lowest BCUT2D eigenvalue weighted by Gasteiger charge is -2.18. The van der Waals surface area contributed by atoms with E-state index >= 15 is 0 Å². The van der Waals surface area contributed by atoms with Crippen LogP contribution in [0.25, 0.3) is 0 Å². The third kappa shape index (κ3) is 1.67. The smallest absolute Gasteiger partial charge is 0.407 e. The van der Waals surface area contributed by atoms with Gasteiger partial charge in [-0.25, -0.2) is 4.79 Å². The van der Waals surface area contributed by atoms with Gasteiger partial charge in [0.2, 0.25) is 0 Å². The summed E-state index contributed by atoms with van der Waals surface area (Å²) >= 11 is 0. The second-order valence-corrected chi connectivity index (χ2v) is 3.45. The number of carboxylic acid groups (broad SMARTS) is 1. The number of rotatable bonds is 1. The first kappa shape index (κ1) is 9.28. The highest BCUT2D eigenvalue weighted by Crippen LogP contribution is 2.26. The number of aliphatic hydroxyl groups is 2. The van der Waals surface area contributed by atoms with Gasteiger partial charge < -0.3 is 20.2 Å². The van der Waals surface area contributed by atoms with E-state index in [9.17, 15) is 9.90 Å². The largest absolute Gasteiger partial charge is 0.465 e. The maximum Gasteiger partial charge on any atom is 0.407 e. The maximum atomic E-state index is 10.6. The molecule has 1 fully saturated rings.